The highest BCUT2D eigenvalue weighted by atomic mass is 35.5. The van der Waals surface area contributed by atoms with E-state index in [4.69, 9.17) is 16.3 Å². The number of nitrogens with zero attached hydrogens (tertiary/aromatic N) is 2. The number of hydrogen-bond donors (Lipinski definition) is 0. The summed E-state index contributed by atoms with van der Waals surface area (Å²) < 4.78 is 6.68. The minimum Gasteiger partial charge on any atom is -0.383 e. The highest BCUT2D eigenvalue weighted by molar-refractivity contribution is 7.99. The zero-order chi connectivity index (χ0) is 20.3. The molecular formula is C21H21ClN2O3S. The molecule has 0 aliphatic heterocycles. The average Bonchev–Trinajstić information content (AvgIpc) is 2.67. The molecule has 0 aliphatic carbocycles. The predicted molar refractivity (Wildman–Crippen MR) is 114 cm³/mol. The molecule has 2 aromatic carbocycles. The number of aryl methyl sites for hydroxylation is 2. The molecule has 0 radical (unpaired) electrons. The molecule has 1 heterocycles. The van der Waals surface area contributed by atoms with E-state index in [-0.39, 0.29) is 17.1 Å². The van der Waals surface area contributed by atoms with Crippen LogP contribution in [-0.2, 0) is 11.3 Å². The van der Waals surface area contributed by atoms with E-state index in [9.17, 15) is 9.59 Å². The Balaban J connectivity index is 1.95. The molecule has 28 heavy (non-hydrogen) atoms. The monoisotopic (exact) mass is 416 g/mol. The summed E-state index contributed by atoms with van der Waals surface area (Å²) >= 11 is 7.31. The zero-order valence-electron chi connectivity index (χ0n) is 16.0. The Morgan fingerprint density at radius 3 is 2.75 bits per heavy atom. The van der Waals surface area contributed by atoms with Crippen molar-refractivity contribution < 1.29 is 9.53 Å². The van der Waals surface area contributed by atoms with Crippen LogP contribution in [-0.4, -0.2) is 34.8 Å². The number of methoxy groups -OCH3 is 1. The summed E-state index contributed by atoms with van der Waals surface area (Å²) in [7, 11) is 1.58. The molecule has 5 nitrogen and oxygen atoms in total. The van der Waals surface area contributed by atoms with Crippen LogP contribution in [0.3, 0.4) is 0 Å². The number of hydrogen-bond acceptors (Lipinski definition) is 5. The first-order valence-corrected chi connectivity index (χ1v) is 10.2. The second-order valence-electron chi connectivity index (χ2n) is 6.54. The fraction of sp³-hybridized carbons (Fsp3) is 0.286. The molecule has 3 rings (SSSR count). The molecule has 7 heteroatoms. The van der Waals surface area contributed by atoms with E-state index in [0.29, 0.717) is 39.8 Å². The Kier molecular flexibility index (Phi) is 6.54. The average molecular weight is 417 g/mol. The van der Waals surface area contributed by atoms with E-state index >= 15 is 0 Å². The predicted octanol–water partition coefficient (Wildman–Crippen LogP) is 4.29. The maximum atomic E-state index is 12.9. The van der Waals surface area contributed by atoms with Gasteiger partial charge >= 0.3 is 0 Å². The second kappa shape index (κ2) is 8.90. The van der Waals surface area contributed by atoms with Gasteiger partial charge in [0.25, 0.3) is 5.56 Å². The molecule has 0 fully saturated rings. The molecule has 0 N–H and O–H groups in total. The van der Waals surface area contributed by atoms with Gasteiger partial charge in [0.05, 0.1) is 29.8 Å². The topological polar surface area (TPSA) is 61.2 Å². The van der Waals surface area contributed by atoms with Crippen molar-refractivity contribution in [3.63, 3.8) is 0 Å². The molecule has 0 aliphatic rings. The summed E-state index contributed by atoms with van der Waals surface area (Å²) in [6.07, 6.45) is 0. The number of rotatable bonds is 7. The van der Waals surface area contributed by atoms with Crippen molar-refractivity contribution in [3.05, 3.63) is 68.5 Å². The number of thioether (sulfide) groups is 1. The van der Waals surface area contributed by atoms with Crippen molar-refractivity contribution in [2.24, 2.45) is 0 Å². The molecule has 0 bridgehead atoms. The largest absolute Gasteiger partial charge is 0.383 e. The van der Waals surface area contributed by atoms with Crippen LogP contribution in [0.15, 0.2) is 46.3 Å². The highest BCUT2D eigenvalue weighted by Crippen LogP contribution is 2.22. The van der Waals surface area contributed by atoms with Crippen LogP contribution in [0.4, 0.5) is 0 Å². The van der Waals surface area contributed by atoms with Crippen molar-refractivity contribution >= 4 is 40.0 Å². The van der Waals surface area contributed by atoms with Gasteiger partial charge in [0.15, 0.2) is 10.9 Å². The molecule has 0 amide bonds. The van der Waals surface area contributed by atoms with Crippen molar-refractivity contribution in [2.75, 3.05) is 19.5 Å². The van der Waals surface area contributed by atoms with Gasteiger partial charge in [0.1, 0.15) is 0 Å². The molecular weight excluding hydrogens is 396 g/mol. The van der Waals surface area contributed by atoms with E-state index < -0.39 is 0 Å². The normalized spacial score (nSPS) is 11.1. The van der Waals surface area contributed by atoms with E-state index in [1.807, 2.05) is 32.0 Å². The number of carbonyl (C=O) groups excluding carboxylic acids is 1. The van der Waals surface area contributed by atoms with Crippen LogP contribution >= 0.6 is 23.4 Å². The van der Waals surface area contributed by atoms with E-state index in [1.54, 1.807) is 29.9 Å². The van der Waals surface area contributed by atoms with E-state index in [2.05, 4.69) is 4.98 Å². The first-order valence-electron chi connectivity index (χ1n) is 8.83. The first kappa shape index (κ1) is 20.6. The summed E-state index contributed by atoms with van der Waals surface area (Å²) in [6.45, 7) is 4.61. The third-order valence-electron chi connectivity index (χ3n) is 4.43. The van der Waals surface area contributed by atoms with E-state index in [1.165, 1.54) is 11.8 Å². The Morgan fingerprint density at radius 2 is 2.00 bits per heavy atom. The molecule has 146 valence electrons. The van der Waals surface area contributed by atoms with Gasteiger partial charge in [-0.3, -0.25) is 14.2 Å². The second-order valence-corrected chi connectivity index (χ2v) is 7.91. The van der Waals surface area contributed by atoms with Crippen LogP contribution < -0.4 is 5.56 Å². The lowest BCUT2D eigenvalue weighted by Gasteiger charge is -2.13. The van der Waals surface area contributed by atoms with Crippen LogP contribution in [0.25, 0.3) is 10.9 Å². The SMILES string of the molecule is COCCn1c(SCC(=O)c2cc(C)ccc2C)nc2cc(Cl)ccc2c1=O. The number of benzene rings is 2. The molecule has 1 aromatic heterocycles. The van der Waals surface area contributed by atoms with Crippen molar-refractivity contribution in [3.8, 4) is 0 Å². The van der Waals surface area contributed by atoms with Gasteiger partial charge in [-0.1, -0.05) is 41.1 Å². The van der Waals surface area contributed by atoms with Crippen molar-refractivity contribution in [1.82, 2.24) is 9.55 Å². The quantitative estimate of drug-likeness (QED) is 0.326. The number of ketones is 1. The first-order chi connectivity index (χ1) is 13.4. The summed E-state index contributed by atoms with van der Waals surface area (Å²) in [5.74, 6) is 0.195. The summed E-state index contributed by atoms with van der Waals surface area (Å²) in [4.78, 5) is 30.2. The van der Waals surface area contributed by atoms with Crippen LogP contribution in [0.5, 0.6) is 0 Å². The van der Waals surface area contributed by atoms with Crippen LogP contribution in [0.2, 0.25) is 5.02 Å². The van der Waals surface area contributed by atoms with Crippen LogP contribution in [0, 0.1) is 13.8 Å². The van der Waals surface area contributed by atoms with Crippen LogP contribution in [0.1, 0.15) is 21.5 Å². The summed E-state index contributed by atoms with van der Waals surface area (Å²) in [6, 6.07) is 10.8. The number of fused-ring (bicyclic) bond motifs is 1. The van der Waals surface area contributed by atoms with Gasteiger partial charge in [-0.15, -0.1) is 0 Å². The maximum absolute atomic E-state index is 12.9. The molecule has 0 atom stereocenters. The maximum Gasteiger partial charge on any atom is 0.262 e. The fourth-order valence-corrected chi connectivity index (χ4v) is 3.98. The summed E-state index contributed by atoms with van der Waals surface area (Å²) in [5, 5.41) is 1.48. The van der Waals surface area contributed by atoms with Gasteiger partial charge in [-0.05, 0) is 43.7 Å². The van der Waals surface area contributed by atoms with Gasteiger partial charge in [-0.2, -0.15) is 0 Å². The lowest BCUT2D eigenvalue weighted by atomic mass is 10.0. The highest BCUT2D eigenvalue weighted by Gasteiger charge is 2.15. The number of aromatic nitrogens is 2. The number of carbonyl (C=O) groups is 1. The van der Waals surface area contributed by atoms with Gasteiger partial charge in [-0.25, -0.2) is 4.98 Å². The Hall–Kier alpha value is -2.15. The number of Topliss-reactive ketones (excluding diaryl/α,β-unsaturated/α-hetero) is 1. The smallest absolute Gasteiger partial charge is 0.262 e. The zero-order valence-corrected chi connectivity index (χ0v) is 17.6. The standard InChI is InChI=1S/C21H21ClN2O3S/c1-13-4-5-14(2)17(10-13)19(25)12-28-21-23-18-11-15(22)6-7-16(18)20(26)24(21)8-9-27-3/h4-7,10-11H,8-9,12H2,1-3H3. The van der Waals surface area contributed by atoms with Gasteiger partial charge < -0.3 is 4.74 Å². The Morgan fingerprint density at radius 1 is 1.21 bits per heavy atom. The third-order valence-corrected chi connectivity index (χ3v) is 5.64. The Labute approximate surface area is 172 Å². The lowest BCUT2D eigenvalue weighted by Crippen LogP contribution is -2.25. The summed E-state index contributed by atoms with van der Waals surface area (Å²) in [5.41, 5.74) is 3.02. The minimum atomic E-state index is -0.166. The van der Waals surface area contributed by atoms with Gasteiger partial charge in [0, 0.05) is 17.7 Å². The molecule has 0 saturated carbocycles. The molecule has 0 saturated heterocycles. The molecule has 0 spiro atoms. The van der Waals surface area contributed by atoms with Crippen molar-refractivity contribution in [2.45, 2.75) is 25.5 Å². The Bertz CT molecular complexity index is 1090. The number of ether oxygens (including phenoxy) is 1. The lowest BCUT2D eigenvalue weighted by molar-refractivity contribution is 0.102. The molecule has 3 aromatic rings. The number of halogens is 1. The minimum absolute atomic E-state index is 0.00457. The molecule has 0 unspecified atom stereocenters. The van der Waals surface area contributed by atoms with Crippen molar-refractivity contribution in [1.29, 1.82) is 0 Å². The van der Waals surface area contributed by atoms with Gasteiger partial charge in [0.2, 0.25) is 0 Å². The fourth-order valence-electron chi connectivity index (χ4n) is 2.91. The third kappa shape index (κ3) is 4.46. The van der Waals surface area contributed by atoms with E-state index in [0.717, 1.165) is 11.1 Å².